The third-order valence-electron chi connectivity index (χ3n) is 2.40. The quantitative estimate of drug-likeness (QED) is 0.823. The van der Waals surface area contributed by atoms with Crippen molar-refractivity contribution in [1.82, 2.24) is 15.0 Å². The SMILES string of the molecule is Cc1nc(-c2ncccc2Cl)nc(N)c1C. The summed E-state index contributed by atoms with van der Waals surface area (Å²) in [4.78, 5) is 12.7. The molecule has 2 aromatic rings. The van der Waals surface area contributed by atoms with Gasteiger partial charge in [-0.25, -0.2) is 9.97 Å². The van der Waals surface area contributed by atoms with Crippen LogP contribution in [0.1, 0.15) is 11.3 Å². The summed E-state index contributed by atoms with van der Waals surface area (Å²) >= 11 is 6.02. The summed E-state index contributed by atoms with van der Waals surface area (Å²) in [6, 6.07) is 3.51. The molecule has 0 fully saturated rings. The standard InChI is InChI=1S/C11H11ClN4/c1-6-7(2)15-11(16-10(6)13)9-8(12)4-3-5-14-9/h3-5H,1-2H3,(H2,13,15,16). The molecule has 0 radical (unpaired) electrons. The third kappa shape index (κ3) is 1.84. The summed E-state index contributed by atoms with van der Waals surface area (Å²) in [5.74, 6) is 0.926. The second-order valence-corrected chi connectivity index (χ2v) is 3.88. The van der Waals surface area contributed by atoms with E-state index in [1.54, 1.807) is 18.3 Å². The number of anilines is 1. The number of nitrogens with zero attached hydrogens (tertiary/aromatic N) is 3. The number of halogens is 1. The van der Waals surface area contributed by atoms with Gasteiger partial charge in [-0.3, -0.25) is 4.98 Å². The molecule has 0 aliphatic rings. The number of aryl methyl sites for hydroxylation is 1. The Bertz CT molecular complexity index is 516. The molecule has 16 heavy (non-hydrogen) atoms. The highest BCUT2D eigenvalue weighted by Crippen LogP contribution is 2.24. The molecule has 0 atom stereocenters. The minimum Gasteiger partial charge on any atom is -0.383 e. The minimum absolute atomic E-state index is 0.462. The van der Waals surface area contributed by atoms with Crippen molar-refractivity contribution in [3.8, 4) is 11.5 Å². The van der Waals surface area contributed by atoms with E-state index in [0.717, 1.165) is 11.3 Å². The smallest absolute Gasteiger partial charge is 0.181 e. The molecule has 0 aromatic carbocycles. The van der Waals surface area contributed by atoms with Crippen LogP contribution in [0, 0.1) is 13.8 Å². The van der Waals surface area contributed by atoms with Gasteiger partial charge in [-0.2, -0.15) is 0 Å². The van der Waals surface area contributed by atoms with Gasteiger partial charge in [0.15, 0.2) is 5.82 Å². The van der Waals surface area contributed by atoms with Crippen LogP contribution in [-0.2, 0) is 0 Å². The average molecular weight is 235 g/mol. The first-order chi connectivity index (χ1) is 7.59. The molecule has 5 heteroatoms. The van der Waals surface area contributed by atoms with Crippen LogP contribution in [0.2, 0.25) is 5.02 Å². The van der Waals surface area contributed by atoms with Crippen molar-refractivity contribution in [3.63, 3.8) is 0 Å². The Morgan fingerprint density at radius 2 is 2.00 bits per heavy atom. The van der Waals surface area contributed by atoms with Crippen LogP contribution >= 0.6 is 11.6 Å². The van der Waals surface area contributed by atoms with Crippen LogP contribution in [-0.4, -0.2) is 15.0 Å². The van der Waals surface area contributed by atoms with Gasteiger partial charge in [0, 0.05) is 17.5 Å². The molecule has 82 valence electrons. The maximum atomic E-state index is 6.02. The Hall–Kier alpha value is -1.68. The molecule has 0 aliphatic carbocycles. The van der Waals surface area contributed by atoms with Crippen LogP contribution in [0.4, 0.5) is 5.82 Å². The monoisotopic (exact) mass is 234 g/mol. The lowest BCUT2D eigenvalue weighted by Gasteiger charge is -2.07. The predicted molar refractivity (Wildman–Crippen MR) is 64.2 cm³/mol. The van der Waals surface area contributed by atoms with Crippen LogP contribution in [0.5, 0.6) is 0 Å². The number of pyridine rings is 1. The average Bonchev–Trinajstić information content (AvgIpc) is 2.26. The topological polar surface area (TPSA) is 64.7 Å². The molecule has 0 saturated carbocycles. The first-order valence-corrected chi connectivity index (χ1v) is 5.19. The first kappa shape index (κ1) is 10.8. The van der Waals surface area contributed by atoms with Gasteiger partial charge in [0.25, 0.3) is 0 Å². The van der Waals surface area contributed by atoms with Gasteiger partial charge in [0.2, 0.25) is 0 Å². The number of aromatic nitrogens is 3. The summed E-state index contributed by atoms with van der Waals surface area (Å²) in [7, 11) is 0. The van der Waals surface area contributed by atoms with E-state index >= 15 is 0 Å². The second-order valence-electron chi connectivity index (χ2n) is 3.48. The van der Waals surface area contributed by atoms with E-state index in [0.29, 0.717) is 22.4 Å². The van der Waals surface area contributed by atoms with Gasteiger partial charge in [-0.1, -0.05) is 11.6 Å². The van der Waals surface area contributed by atoms with E-state index in [1.165, 1.54) is 0 Å². The highest BCUT2D eigenvalue weighted by Gasteiger charge is 2.11. The normalized spacial score (nSPS) is 10.4. The van der Waals surface area contributed by atoms with E-state index < -0.39 is 0 Å². The zero-order valence-electron chi connectivity index (χ0n) is 9.03. The molecule has 2 rings (SSSR count). The van der Waals surface area contributed by atoms with Gasteiger partial charge < -0.3 is 5.73 Å². The largest absolute Gasteiger partial charge is 0.383 e. The van der Waals surface area contributed by atoms with Gasteiger partial charge in [0.05, 0.1) is 5.02 Å². The van der Waals surface area contributed by atoms with Crippen LogP contribution in [0.15, 0.2) is 18.3 Å². The Kier molecular flexibility index (Phi) is 2.75. The maximum Gasteiger partial charge on any atom is 0.181 e. The Labute approximate surface area is 98.5 Å². The van der Waals surface area contributed by atoms with Crippen molar-refractivity contribution in [2.45, 2.75) is 13.8 Å². The summed E-state index contributed by atoms with van der Waals surface area (Å²) in [6.07, 6.45) is 1.65. The zero-order valence-corrected chi connectivity index (χ0v) is 9.78. The zero-order chi connectivity index (χ0) is 11.7. The van der Waals surface area contributed by atoms with E-state index in [1.807, 2.05) is 13.8 Å². The first-order valence-electron chi connectivity index (χ1n) is 4.81. The molecule has 0 saturated heterocycles. The summed E-state index contributed by atoms with van der Waals surface area (Å²) in [5.41, 5.74) is 8.06. The van der Waals surface area contributed by atoms with Gasteiger partial charge >= 0.3 is 0 Å². The number of rotatable bonds is 1. The number of nitrogen functional groups attached to an aromatic ring is 1. The van der Waals surface area contributed by atoms with E-state index in [-0.39, 0.29) is 0 Å². The van der Waals surface area contributed by atoms with Crippen LogP contribution in [0.25, 0.3) is 11.5 Å². The molecule has 2 N–H and O–H groups in total. The summed E-state index contributed by atoms with van der Waals surface area (Å²) < 4.78 is 0. The highest BCUT2D eigenvalue weighted by atomic mass is 35.5. The minimum atomic E-state index is 0.462. The van der Waals surface area contributed by atoms with Gasteiger partial charge in [-0.05, 0) is 26.0 Å². The molecule has 0 spiro atoms. The molecule has 4 nitrogen and oxygen atoms in total. The fourth-order valence-electron chi connectivity index (χ4n) is 1.31. The third-order valence-corrected chi connectivity index (χ3v) is 2.70. The van der Waals surface area contributed by atoms with E-state index in [2.05, 4.69) is 15.0 Å². The molecule has 2 aromatic heterocycles. The van der Waals surface area contributed by atoms with Crippen molar-refractivity contribution in [3.05, 3.63) is 34.6 Å². The molecule has 0 unspecified atom stereocenters. The molecule has 0 amide bonds. The molecular weight excluding hydrogens is 224 g/mol. The van der Waals surface area contributed by atoms with Crippen LogP contribution in [0.3, 0.4) is 0 Å². The number of hydrogen-bond acceptors (Lipinski definition) is 4. The van der Waals surface area contributed by atoms with Crippen molar-refractivity contribution >= 4 is 17.4 Å². The van der Waals surface area contributed by atoms with Gasteiger partial charge in [-0.15, -0.1) is 0 Å². The van der Waals surface area contributed by atoms with Crippen molar-refractivity contribution in [1.29, 1.82) is 0 Å². The van der Waals surface area contributed by atoms with Crippen molar-refractivity contribution in [2.75, 3.05) is 5.73 Å². The Morgan fingerprint density at radius 1 is 1.25 bits per heavy atom. The fourth-order valence-corrected chi connectivity index (χ4v) is 1.51. The molecule has 2 heterocycles. The van der Waals surface area contributed by atoms with E-state index in [9.17, 15) is 0 Å². The van der Waals surface area contributed by atoms with Gasteiger partial charge in [0.1, 0.15) is 11.5 Å². The summed E-state index contributed by atoms with van der Waals surface area (Å²) in [5, 5.41) is 0.519. The van der Waals surface area contributed by atoms with E-state index in [4.69, 9.17) is 17.3 Å². The molecule has 0 aliphatic heterocycles. The second kappa shape index (κ2) is 4.06. The summed E-state index contributed by atoms with van der Waals surface area (Å²) in [6.45, 7) is 3.77. The molecular formula is C11H11ClN4. The van der Waals surface area contributed by atoms with Crippen LogP contribution < -0.4 is 5.73 Å². The predicted octanol–water partition coefficient (Wildman–Crippen LogP) is 2.39. The highest BCUT2D eigenvalue weighted by molar-refractivity contribution is 6.32. The number of hydrogen-bond donors (Lipinski definition) is 1. The lowest BCUT2D eigenvalue weighted by Crippen LogP contribution is -2.03. The Morgan fingerprint density at radius 3 is 2.62 bits per heavy atom. The Balaban J connectivity index is 2.62. The number of nitrogens with two attached hydrogens (primary N) is 1. The lowest BCUT2D eigenvalue weighted by atomic mass is 10.2. The molecule has 0 bridgehead atoms. The van der Waals surface area contributed by atoms with Crippen molar-refractivity contribution < 1.29 is 0 Å². The fraction of sp³-hybridized carbons (Fsp3) is 0.182. The lowest BCUT2D eigenvalue weighted by molar-refractivity contribution is 1.06. The maximum absolute atomic E-state index is 6.02. The van der Waals surface area contributed by atoms with Crippen molar-refractivity contribution in [2.24, 2.45) is 0 Å².